The molecule has 1 fully saturated rings. The van der Waals surface area contributed by atoms with Crippen molar-refractivity contribution in [1.29, 1.82) is 0 Å². The minimum atomic E-state index is -0.243. The van der Waals surface area contributed by atoms with E-state index in [4.69, 9.17) is 16.3 Å². The molecule has 0 bridgehead atoms. The molecule has 1 aromatic rings. The molecule has 7 nitrogen and oxygen atoms in total. The van der Waals surface area contributed by atoms with Gasteiger partial charge in [-0.25, -0.2) is 4.98 Å². The van der Waals surface area contributed by atoms with Crippen LogP contribution in [-0.4, -0.2) is 73.0 Å². The zero-order chi connectivity index (χ0) is 15.9. The number of rotatable bonds is 5. The molecule has 2 amide bonds. The third-order valence-corrected chi connectivity index (χ3v) is 3.52. The Labute approximate surface area is 134 Å². The minimum absolute atomic E-state index is 0.00184. The summed E-state index contributed by atoms with van der Waals surface area (Å²) in [6, 6.07) is 3.36. The number of morpholine rings is 1. The maximum Gasteiger partial charge on any atom is 0.238 e. The second kappa shape index (κ2) is 8.07. The van der Waals surface area contributed by atoms with Crippen molar-refractivity contribution < 1.29 is 14.3 Å². The molecule has 22 heavy (non-hydrogen) atoms. The molecule has 1 N–H and O–H groups in total. The van der Waals surface area contributed by atoms with Crippen LogP contribution >= 0.6 is 11.6 Å². The number of hydrogen-bond donors (Lipinski definition) is 1. The zero-order valence-electron chi connectivity index (χ0n) is 12.4. The van der Waals surface area contributed by atoms with Crippen LogP contribution in [0.4, 0.5) is 5.69 Å². The van der Waals surface area contributed by atoms with Crippen LogP contribution in [0.5, 0.6) is 0 Å². The molecule has 1 saturated heterocycles. The average molecular weight is 327 g/mol. The van der Waals surface area contributed by atoms with Gasteiger partial charge in [-0.05, 0) is 19.2 Å². The quantitative estimate of drug-likeness (QED) is 0.796. The second-order valence-corrected chi connectivity index (χ2v) is 5.41. The van der Waals surface area contributed by atoms with Gasteiger partial charge in [-0.2, -0.15) is 0 Å². The van der Waals surface area contributed by atoms with Crippen LogP contribution in [0.15, 0.2) is 18.3 Å². The molecular formula is C14H19ClN4O3. The Morgan fingerprint density at radius 2 is 2.14 bits per heavy atom. The normalized spacial score (nSPS) is 15.0. The Morgan fingerprint density at radius 3 is 2.82 bits per heavy atom. The summed E-state index contributed by atoms with van der Waals surface area (Å²) in [6.45, 7) is 2.62. The van der Waals surface area contributed by atoms with E-state index in [1.54, 1.807) is 35.2 Å². The van der Waals surface area contributed by atoms with Gasteiger partial charge >= 0.3 is 0 Å². The lowest BCUT2D eigenvalue weighted by Gasteiger charge is -2.28. The van der Waals surface area contributed by atoms with Crippen molar-refractivity contribution in [2.24, 2.45) is 0 Å². The number of likely N-dealkylation sites (N-methyl/N-ethyl adjacent to an activating group) is 1. The second-order valence-electron chi connectivity index (χ2n) is 5.06. The van der Waals surface area contributed by atoms with Gasteiger partial charge in [0.15, 0.2) is 5.15 Å². The summed E-state index contributed by atoms with van der Waals surface area (Å²) in [4.78, 5) is 31.3. The SMILES string of the molecule is CN(CC(=O)Nc1cccnc1Cl)CC(=O)N1CCOCC1. The number of anilines is 1. The lowest BCUT2D eigenvalue weighted by molar-refractivity contribution is -0.136. The van der Waals surface area contributed by atoms with Crippen molar-refractivity contribution in [3.8, 4) is 0 Å². The Bertz CT molecular complexity index is 535. The third kappa shape index (κ3) is 4.94. The van der Waals surface area contributed by atoms with Crippen molar-refractivity contribution in [3.63, 3.8) is 0 Å². The fourth-order valence-corrected chi connectivity index (χ4v) is 2.28. The summed E-state index contributed by atoms with van der Waals surface area (Å²) in [6.07, 6.45) is 1.55. The van der Waals surface area contributed by atoms with Gasteiger partial charge < -0.3 is 15.0 Å². The lowest BCUT2D eigenvalue weighted by Crippen LogP contribution is -2.46. The van der Waals surface area contributed by atoms with Crippen molar-refractivity contribution >= 4 is 29.1 Å². The van der Waals surface area contributed by atoms with Gasteiger partial charge in [0.1, 0.15) is 0 Å². The largest absolute Gasteiger partial charge is 0.378 e. The van der Waals surface area contributed by atoms with E-state index in [1.807, 2.05) is 0 Å². The number of ether oxygens (including phenoxy) is 1. The van der Waals surface area contributed by atoms with Crippen LogP contribution in [0.1, 0.15) is 0 Å². The monoisotopic (exact) mass is 326 g/mol. The Hall–Kier alpha value is -1.70. The molecule has 8 heteroatoms. The summed E-state index contributed by atoms with van der Waals surface area (Å²) in [5, 5.41) is 2.91. The van der Waals surface area contributed by atoms with E-state index in [0.29, 0.717) is 32.0 Å². The van der Waals surface area contributed by atoms with Crippen molar-refractivity contribution in [2.45, 2.75) is 0 Å². The van der Waals surface area contributed by atoms with Crippen molar-refractivity contribution in [3.05, 3.63) is 23.5 Å². The first kappa shape index (κ1) is 16.7. The summed E-state index contributed by atoms with van der Waals surface area (Å²) in [7, 11) is 1.72. The molecule has 0 aliphatic carbocycles. The maximum atomic E-state index is 12.1. The number of nitrogens with zero attached hydrogens (tertiary/aromatic N) is 3. The zero-order valence-corrected chi connectivity index (χ0v) is 13.2. The topological polar surface area (TPSA) is 74.8 Å². The highest BCUT2D eigenvalue weighted by Crippen LogP contribution is 2.17. The maximum absolute atomic E-state index is 12.1. The van der Waals surface area contributed by atoms with Gasteiger partial charge in [0.2, 0.25) is 11.8 Å². The highest BCUT2D eigenvalue weighted by molar-refractivity contribution is 6.32. The predicted molar refractivity (Wildman–Crippen MR) is 82.8 cm³/mol. The average Bonchev–Trinajstić information content (AvgIpc) is 2.50. The molecule has 120 valence electrons. The van der Waals surface area contributed by atoms with Gasteiger partial charge in [0.05, 0.1) is 32.0 Å². The third-order valence-electron chi connectivity index (χ3n) is 3.22. The molecule has 1 aliphatic rings. The fraction of sp³-hybridized carbons (Fsp3) is 0.500. The number of aromatic nitrogens is 1. The molecule has 0 radical (unpaired) electrons. The van der Waals surface area contributed by atoms with E-state index in [0.717, 1.165) is 0 Å². The molecule has 0 atom stereocenters. The van der Waals surface area contributed by atoms with Crippen LogP contribution in [0.3, 0.4) is 0 Å². The Kier molecular flexibility index (Phi) is 6.11. The van der Waals surface area contributed by atoms with E-state index in [9.17, 15) is 9.59 Å². The van der Waals surface area contributed by atoms with Crippen LogP contribution in [0.25, 0.3) is 0 Å². The lowest BCUT2D eigenvalue weighted by atomic mass is 10.3. The number of carbonyl (C=O) groups excluding carboxylic acids is 2. The van der Waals surface area contributed by atoms with Gasteiger partial charge in [-0.3, -0.25) is 14.5 Å². The first-order valence-corrected chi connectivity index (χ1v) is 7.38. The molecule has 0 aromatic carbocycles. The summed E-state index contributed by atoms with van der Waals surface area (Å²) in [5.41, 5.74) is 0.460. The molecule has 0 saturated carbocycles. The summed E-state index contributed by atoms with van der Waals surface area (Å²) in [5.74, 6) is -0.245. The summed E-state index contributed by atoms with van der Waals surface area (Å²) >= 11 is 5.88. The molecule has 0 unspecified atom stereocenters. The molecule has 2 rings (SSSR count). The van der Waals surface area contributed by atoms with Crippen molar-refractivity contribution in [2.75, 3.05) is 51.8 Å². The fourth-order valence-electron chi connectivity index (χ4n) is 2.11. The van der Waals surface area contributed by atoms with Crippen LogP contribution < -0.4 is 5.32 Å². The standard InChI is InChI=1S/C14H19ClN4O3/c1-18(10-13(21)19-5-7-22-8-6-19)9-12(20)17-11-3-2-4-16-14(11)15/h2-4H,5-10H2,1H3,(H,17,20). The highest BCUT2D eigenvalue weighted by atomic mass is 35.5. The predicted octanol–water partition coefficient (Wildman–Crippen LogP) is 0.464. The minimum Gasteiger partial charge on any atom is -0.378 e. The van der Waals surface area contributed by atoms with E-state index < -0.39 is 0 Å². The van der Waals surface area contributed by atoms with Gasteiger partial charge in [0, 0.05) is 19.3 Å². The van der Waals surface area contributed by atoms with E-state index in [2.05, 4.69) is 10.3 Å². The van der Waals surface area contributed by atoms with E-state index in [-0.39, 0.29) is 30.1 Å². The van der Waals surface area contributed by atoms with Gasteiger partial charge in [0.25, 0.3) is 0 Å². The van der Waals surface area contributed by atoms with Gasteiger partial charge in [-0.1, -0.05) is 11.6 Å². The number of nitrogens with one attached hydrogen (secondary N) is 1. The van der Waals surface area contributed by atoms with Crippen molar-refractivity contribution in [1.82, 2.24) is 14.8 Å². The highest BCUT2D eigenvalue weighted by Gasteiger charge is 2.19. The molecule has 2 heterocycles. The number of hydrogen-bond acceptors (Lipinski definition) is 5. The summed E-state index contributed by atoms with van der Waals surface area (Å²) < 4.78 is 5.21. The number of amides is 2. The molecule has 1 aromatic heterocycles. The van der Waals surface area contributed by atoms with Crippen LogP contribution in [0, 0.1) is 0 Å². The van der Waals surface area contributed by atoms with Crippen LogP contribution in [0.2, 0.25) is 5.15 Å². The smallest absolute Gasteiger partial charge is 0.238 e. The first-order chi connectivity index (χ1) is 10.6. The van der Waals surface area contributed by atoms with Crippen LogP contribution in [-0.2, 0) is 14.3 Å². The Morgan fingerprint density at radius 1 is 1.41 bits per heavy atom. The first-order valence-electron chi connectivity index (χ1n) is 7.00. The number of carbonyl (C=O) groups is 2. The molecule has 0 spiro atoms. The number of pyridine rings is 1. The van der Waals surface area contributed by atoms with E-state index >= 15 is 0 Å². The number of halogens is 1. The molecule has 1 aliphatic heterocycles. The Balaban J connectivity index is 1.78. The van der Waals surface area contributed by atoms with Gasteiger partial charge in [-0.15, -0.1) is 0 Å². The van der Waals surface area contributed by atoms with E-state index in [1.165, 1.54) is 0 Å². The molecular weight excluding hydrogens is 308 g/mol.